The second-order valence-corrected chi connectivity index (χ2v) is 2.96. The van der Waals surface area contributed by atoms with Gasteiger partial charge in [-0.1, -0.05) is 0 Å². The molecule has 10 heavy (non-hydrogen) atoms. The van der Waals surface area contributed by atoms with Crippen LogP contribution in [0.15, 0.2) is 0 Å². The topological polar surface area (TPSA) is 73.6 Å². The minimum Gasteiger partial charge on any atom is -0.760 e. The Balaban J connectivity index is 3.36. The molecule has 0 unspecified atom stereocenters. The van der Waals surface area contributed by atoms with Crippen molar-refractivity contribution in [1.82, 2.24) is 10.7 Å². The Bertz CT molecular complexity index is 91.4. The zero-order valence-electron chi connectivity index (χ0n) is 6.55. The lowest BCUT2D eigenvalue weighted by atomic mass is 10.1. The number of rotatable bonds is 3. The van der Waals surface area contributed by atoms with Crippen LogP contribution in [-0.4, -0.2) is 17.4 Å². The standard InChI is InChI=1S/C5H14N3O2/c1-5(2,3)7-10-8(9)4-6/h7H,4,6H2,1-3H3/q-1. The van der Waals surface area contributed by atoms with E-state index in [9.17, 15) is 5.21 Å². The molecule has 0 saturated heterocycles. The molecule has 0 aliphatic carbocycles. The Kier molecular flexibility index (Phi) is 3.77. The lowest BCUT2D eigenvalue weighted by molar-refractivity contribution is -0.197. The molecule has 0 aromatic carbocycles. The molecule has 0 aliphatic rings. The van der Waals surface area contributed by atoms with E-state index in [1.54, 1.807) is 0 Å². The van der Waals surface area contributed by atoms with E-state index in [0.717, 1.165) is 0 Å². The summed E-state index contributed by atoms with van der Waals surface area (Å²) in [5.74, 6) is 0. The number of nitrogens with two attached hydrogens (primary N) is 1. The van der Waals surface area contributed by atoms with E-state index < -0.39 is 0 Å². The summed E-state index contributed by atoms with van der Waals surface area (Å²) in [5, 5.41) is 10.6. The fourth-order valence-electron chi connectivity index (χ4n) is 0.225. The summed E-state index contributed by atoms with van der Waals surface area (Å²) in [4.78, 5) is 4.46. The van der Waals surface area contributed by atoms with Gasteiger partial charge in [-0.25, -0.2) is 10.2 Å². The Hall–Kier alpha value is -0.200. The Morgan fingerprint density at radius 2 is 2.10 bits per heavy atom. The predicted molar refractivity (Wildman–Crippen MR) is 38.2 cm³/mol. The summed E-state index contributed by atoms with van der Waals surface area (Å²) in [6.07, 6.45) is 0. The van der Waals surface area contributed by atoms with E-state index >= 15 is 0 Å². The minimum atomic E-state index is -0.238. The third-order valence-corrected chi connectivity index (χ3v) is 0.603. The van der Waals surface area contributed by atoms with E-state index in [2.05, 4.69) is 10.4 Å². The quantitative estimate of drug-likeness (QED) is 0.433. The van der Waals surface area contributed by atoms with Gasteiger partial charge in [0.05, 0.1) is 6.67 Å². The van der Waals surface area contributed by atoms with Crippen LogP contribution in [0.2, 0.25) is 0 Å². The van der Waals surface area contributed by atoms with Gasteiger partial charge < -0.3 is 10.9 Å². The second-order valence-electron chi connectivity index (χ2n) is 2.96. The van der Waals surface area contributed by atoms with Crippen LogP contribution in [0.3, 0.4) is 0 Å². The van der Waals surface area contributed by atoms with Gasteiger partial charge in [0, 0.05) is 5.54 Å². The van der Waals surface area contributed by atoms with Crippen LogP contribution in [0, 0.1) is 5.21 Å². The first kappa shape index (κ1) is 9.80. The summed E-state index contributed by atoms with van der Waals surface area (Å²) in [5.41, 5.74) is 7.22. The molecule has 62 valence electrons. The van der Waals surface area contributed by atoms with E-state index in [1.807, 2.05) is 20.8 Å². The van der Waals surface area contributed by atoms with Crippen LogP contribution in [0.25, 0.3) is 0 Å². The van der Waals surface area contributed by atoms with E-state index in [-0.39, 0.29) is 17.4 Å². The zero-order valence-corrected chi connectivity index (χ0v) is 6.55. The first-order valence-electron chi connectivity index (χ1n) is 3.04. The zero-order chi connectivity index (χ0) is 8.20. The van der Waals surface area contributed by atoms with Gasteiger partial charge in [0.2, 0.25) is 0 Å². The Morgan fingerprint density at radius 1 is 1.60 bits per heavy atom. The molecule has 0 saturated carbocycles. The third-order valence-electron chi connectivity index (χ3n) is 0.603. The molecule has 0 atom stereocenters. The summed E-state index contributed by atoms with van der Waals surface area (Å²) < 4.78 is 0. The molecule has 5 nitrogen and oxygen atoms in total. The summed E-state index contributed by atoms with van der Waals surface area (Å²) in [6.45, 7) is 5.44. The molecular weight excluding hydrogens is 134 g/mol. The van der Waals surface area contributed by atoms with Crippen molar-refractivity contribution < 1.29 is 4.94 Å². The maximum atomic E-state index is 10.4. The van der Waals surface area contributed by atoms with Crippen molar-refractivity contribution in [3.63, 3.8) is 0 Å². The van der Waals surface area contributed by atoms with Gasteiger partial charge in [-0.2, -0.15) is 5.48 Å². The van der Waals surface area contributed by atoms with Gasteiger partial charge in [-0.15, -0.1) is 0 Å². The van der Waals surface area contributed by atoms with Crippen molar-refractivity contribution >= 4 is 0 Å². The molecule has 5 heteroatoms. The molecule has 0 aliphatic heterocycles. The molecule has 0 amide bonds. The Labute approximate surface area is 60.6 Å². The fourth-order valence-corrected chi connectivity index (χ4v) is 0.225. The largest absolute Gasteiger partial charge is 0.760 e. The molecule has 0 rings (SSSR count). The van der Waals surface area contributed by atoms with Crippen molar-refractivity contribution in [3.8, 4) is 0 Å². The summed E-state index contributed by atoms with van der Waals surface area (Å²) in [7, 11) is 0. The van der Waals surface area contributed by atoms with Crippen LogP contribution in [-0.2, 0) is 4.94 Å². The van der Waals surface area contributed by atoms with Crippen molar-refractivity contribution in [2.45, 2.75) is 26.3 Å². The van der Waals surface area contributed by atoms with Crippen molar-refractivity contribution in [1.29, 1.82) is 0 Å². The van der Waals surface area contributed by atoms with Gasteiger partial charge in [-0.3, -0.25) is 0 Å². The van der Waals surface area contributed by atoms with E-state index in [0.29, 0.717) is 0 Å². The van der Waals surface area contributed by atoms with Crippen LogP contribution in [0.1, 0.15) is 20.8 Å². The van der Waals surface area contributed by atoms with Gasteiger partial charge in [0.25, 0.3) is 0 Å². The average Bonchev–Trinajstić information content (AvgIpc) is 1.81. The molecular formula is C5H14N3O2-. The number of nitrogens with zero attached hydrogens (tertiary/aromatic N) is 1. The predicted octanol–water partition coefficient (Wildman–Crippen LogP) is -0.0629. The SMILES string of the molecule is CC(C)(C)NON([O-])CN. The molecule has 0 radical (unpaired) electrons. The number of hydrogen-bond donors (Lipinski definition) is 2. The van der Waals surface area contributed by atoms with Crippen molar-refractivity contribution in [3.05, 3.63) is 5.21 Å². The van der Waals surface area contributed by atoms with Crippen LogP contribution in [0.5, 0.6) is 0 Å². The van der Waals surface area contributed by atoms with Gasteiger partial charge in [0.1, 0.15) is 0 Å². The number of hydrogen-bond acceptors (Lipinski definition) is 5. The molecule has 3 N–H and O–H groups in total. The Morgan fingerprint density at radius 3 is 2.40 bits per heavy atom. The van der Waals surface area contributed by atoms with Gasteiger partial charge >= 0.3 is 0 Å². The molecule has 0 spiro atoms. The third kappa shape index (κ3) is 5.93. The minimum absolute atomic E-state index is 0.178. The molecule has 0 aromatic rings. The van der Waals surface area contributed by atoms with Gasteiger partial charge in [0.15, 0.2) is 0 Å². The average molecular weight is 148 g/mol. The molecule has 0 bridgehead atoms. The first-order valence-corrected chi connectivity index (χ1v) is 3.04. The lowest BCUT2D eigenvalue weighted by Crippen LogP contribution is -2.41. The normalized spacial score (nSPS) is 12.6. The number of hydroxylamine groups is 3. The smallest absolute Gasteiger partial charge is 0.0590 e. The maximum Gasteiger partial charge on any atom is 0.0590 e. The fraction of sp³-hybridized carbons (Fsp3) is 1.00. The second kappa shape index (κ2) is 3.85. The van der Waals surface area contributed by atoms with E-state index in [4.69, 9.17) is 5.73 Å². The van der Waals surface area contributed by atoms with Gasteiger partial charge in [-0.05, 0) is 20.8 Å². The number of nitrogens with one attached hydrogen (secondary N) is 1. The van der Waals surface area contributed by atoms with Crippen LogP contribution in [0.4, 0.5) is 0 Å². The summed E-state index contributed by atoms with van der Waals surface area (Å²) in [6, 6.07) is 0. The highest BCUT2D eigenvalue weighted by Crippen LogP contribution is 1.98. The van der Waals surface area contributed by atoms with Crippen LogP contribution < -0.4 is 11.2 Å². The molecule has 0 aromatic heterocycles. The molecule has 0 heterocycles. The maximum absolute atomic E-state index is 10.4. The lowest BCUT2D eigenvalue weighted by Gasteiger charge is -2.29. The first-order chi connectivity index (χ1) is 4.45. The molecule has 0 fully saturated rings. The highest BCUT2D eigenvalue weighted by molar-refractivity contribution is 4.63. The highest BCUT2D eigenvalue weighted by Gasteiger charge is 2.08. The highest BCUT2D eigenvalue weighted by atomic mass is 17.0. The van der Waals surface area contributed by atoms with Crippen molar-refractivity contribution in [2.24, 2.45) is 5.73 Å². The summed E-state index contributed by atoms with van der Waals surface area (Å²) >= 11 is 0. The van der Waals surface area contributed by atoms with Crippen LogP contribution >= 0.6 is 0 Å². The van der Waals surface area contributed by atoms with Crippen molar-refractivity contribution in [2.75, 3.05) is 6.67 Å². The monoisotopic (exact) mass is 148 g/mol. The van der Waals surface area contributed by atoms with E-state index in [1.165, 1.54) is 0 Å².